The average Bonchev–Trinajstić information content (AvgIpc) is 3.28. The normalized spacial score (nSPS) is 14.8. The summed E-state index contributed by atoms with van der Waals surface area (Å²) in [6.07, 6.45) is 4.51. The number of hydrogen-bond acceptors (Lipinski definition) is 5. The van der Waals surface area contributed by atoms with Crippen LogP contribution < -0.4 is 4.90 Å². The van der Waals surface area contributed by atoms with Crippen molar-refractivity contribution in [3.8, 4) is 0 Å². The molecule has 0 saturated carbocycles. The molecule has 0 unspecified atom stereocenters. The summed E-state index contributed by atoms with van der Waals surface area (Å²) in [4.78, 5) is 21.2. The molecule has 3 heterocycles. The van der Waals surface area contributed by atoms with Gasteiger partial charge in [0.1, 0.15) is 11.6 Å². The van der Waals surface area contributed by atoms with Crippen LogP contribution in [0.4, 0.5) is 10.1 Å². The van der Waals surface area contributed by atoms with Crippen molar-refractivity contribution >= 4 is 23.4 Å². The minimum atomic E-state index is -0.241. The Bertz CT molecular complexity index is 969. The number of benzene rings is 1. The zero-order valence-corrected chi connectivity index (χ0v) is 17.1. The number of anilines is 1. The molecule has 6 nitrogen and oxygen atoms in total. The number of aryl methyl sites for hydroxylation is 1. The van der Waals surface area contributed by atoms with E-state index in [2.05, 4.69) is 9.88 Å². The minimum Gasteiger partial charge on any atom is -0.455 e. The molecule has 2 aromatic heterocycles. The van der Waals surface area contributed by atoms with Crippen molar-refractivity contribution in [2.24, 2.45) is 7.05 Å². The highest BCUT2D eigenvalue weighted by atomic mass is 32.2. The molecule has 1 fully saturated rings. The molecule has 0 aliphatic carbocycles. The molecule has 1 aliphatic rings. The molecule has 1 amide bonds. The maximum atomic E-state index is 13.2. The molecule has 0 N–H and O–H groups in total. The van der Waals surface area contributed by atoms with E-state index in [9.17, 15) is 9.18 Å². The fourth-order valence-electron chi connectivity index (χ4n) is 3.38. The molecule has 0 radical (unpaired) electrons. The van der Waals surface area contributed by atoms with Gasteiger partial charge in [-0.25, -0.2) is 9.37 Å². The molecule has 1 aliphatic heterocycles. The number of rotatable bonds is 5. The fraction of sp³-hybridized carbons (Fsp3) is 0.333. The Hall–Kier alpha value is -2.74. The Morgan fingerprint density at radius 2 is 1.97 bits per heavy atom. The molecule has 1 aromatic carbocycles. The van der Waals surface area contributed by atoms with Crippen molar-refractivity contribution in [1.29, 1.82) is 0 Å². The number of halogens is 1. The first-order chi connectivity index (χ1) is 14.1. The molecular formula is C21H23FN4O2S. The predicted octanol–water partition coefficient (Wildman–Crippen LogP) is 3.80. The fourth-order valence-corrected chi connectivity index (χ4v) is 4.21. The van der Waals surface area contributed by atoms with Gasteiger partial charge in [-0.2, -0.15) is 0 Å². The summed E-state index contributed by atoms with van der Waals surface area (Å²) in [6.45, 7) is 2.82. The molecule has 3 aromatic rings. The summed E-state index contributed by atoms with van der Waals surface area (Å²) in [6, 6.07) is 10.1. The number of imidazole rings is 1. The van der Waals surface area contributed by atoms with Crippen LogP contribution in [0.1, 0.15) is 22.7 Å². The first-order valence-electron chi connectivity index (χ1n) is 9.59. The Morgan fingerprint density at radius 1 is 1.14 bits per heavy atom. The highest BCUT2D eigenvalue weighted by Gasteiger charge is 2.23. The van der Waals surface area contributed by atoms with Crippen LogP contribution in [0.15, 0.2) is 58.4 Å². The number of thioether (sulfide) groups is 1. The number of furan rings is 1. The molecule has 152 valence electrons. The van der Waals surface area contributed by atoms with Gasteiger partial charge in [-0.1, -0.05) is 11.8 Å². The standard InChI is InChI=1S/C21H23FN4O2S/c1-24-12-9-23-21(24)29-15-18-7-8-19(28-18)20(27)26-11-2-10-25(13-14-26)17-5-3-16(22)4-6-17/h3-9,12H,2,10-11,13-15H2,1H3. The molecule has 4 rings (SSSR count). The smallest absolute Gasteiger partial charge is 0.289 e. The van der Waals surface area contributed by atoms with Crippen LogP contribution in [-0.2, 0) is 12.8 Å². The van der Waals surface area contributed by atoms with Gasteiger partial charge in [-0.3, -0.25) is 4.79 Å². The van der Waals surface area contributed by atoms with Crippen LogP contribution in [-0.4, -0.2) is 46.5 Å². The summed E-state index contributed by atoms with van der Waals surface area (Å²) in [5.74, 6) is 1.42. The number of aromatic nitrogens is 2. The van der Waals surface area contributed by atoms with E-state index in [1.54, 1.807) is 36.2 Å². The summed E-state index contributed by atoms with van der Waals surface area (Å²) in [5, 5.41) is 0.905. The van der Waals surface area contributed by atoms with Crippen LogP contribution in [0, 0.1) is 5.82 Å². The lowest BCUT2D eigenvalue weighted by Gasteiger charge is -2.23. The third kappa shape index (κ3) is 4.64. The largest absolute Gasteiger partial charge is 0.455 e. The number of amides is 1. The molecular weight excluding hydrogens is 391 g/mol. The van der Waals surface area contributed by atoms with Gasteiger partial charge >= 0.3 is 0 Å². The Labute approximate surface area is 173 Å². The second-order valence-electron chi connectivity index (χ2n) is 6.98. The second-order valence-corrected chi connectivity index (χ2v) is 7.93. The lowest BCUT2D eigenvalue weighted by Crippen LogP contribution is -2.35. The van der Waals surface area contributed by atoms with Gasteiger partial charge in [-0.05, 0) is 42.8 Å². The van der Waals surface area contributed by atoms with E-state index < -0.39 is 0 Å². The van der Waals surface area contributed by atoms with Gasteiger partial charge in [-0.15, -0.1) is 0 Å². The third-order valence-corrected chi connectivity index (χ3v) is 6.05. The predicted molar refractivity (Wildman–Crippen MR) is 111 cm³/mol. The highest BCUT2D eigenvalue weighted by molar-refractivity contribution is 7.98. The average molecular weight is 415 g/mol. The van der Waals surface area contributed by atoms with E-state index in [-0.39, 0.29) is 11.7 Å². The lowest BCUT2D eigenvalue weighted by atomic mass is 10.2. The first kappa shape index (κ1) is 19.6. The summed E-state index contributed by atoms with van der Waals surface area (Å²) in [7, 11) is 1.95. The molecule has 29 heavy (non-hydrogen) atoms. The van der Waals surface area contributed by atoms with Crippen LogP contribution in [0.5, 0.6) is 0 Å². The van der Waals surface area contributed by atoms with Gasteiger partial charge in [0.2, 0.25) is 0 Å². The van der Waals surface area contributed by atoms with Crippen LogP contribution in [0.2, 0.25) is 0 Å². The van der Waals surface area contributed by atoms with Crippen molar-refractivity contribution in [2.45, 2.75) is 17.3 Å². The second kappa shape index (κ2) is 8.73. The number of nitrogens with zero attached hydrogens (tertiary/aromatic N) is 4. The summed E-state index contributed by atoms with van der Waals surface area (Å²) < 4.78 is 20.9. The first-order valence-corrected chi connectivity index (χ1v) is 10.6. The maximum Gasteiger partial charge on any atom is 0.289 e. The Balaban J connectivity index is 1.35. The summed E-state index contributed by atoms with van der Waals surface area (Å²) in [5.41, 5.74) is 0.979. The van der Waals surface area contributed by atoms with Crippen molar-refractivity contribution in [3.05, 3.63) is 66.1 Å². The SMILES string of the molecule is Cn1ccnc1SCc1ccc(C(=O)N2CCCN(c3ccc(F)cc3)CC2)o1. The van der Waals surface area contributed by atoms with Gasteiger partial charge in [0.25, 0.3) is 5.91 Å². The molecule has 0 atom stereocenters. The Morgan fingerprint density at radius 3 is 2.72 bits per heavy atom. The van der Waals surface area contributed by atoms with Crippen molar-refractivity contribution in [2.75, 3.05) is 31.1 Å². The zero-order valence-electron chi connectivity index (χ0n) is 16.3. The van der Waals surface area contributed by atoms with E-state index >= 15 is 0 Å². The van der Waals surface area contributed by atoms with Crippen LogP contribution in [0.3, 0.4) is 0 Å². The van der Waals surface area contributed by atoms with E-state index in [4.69, 9.17) is 4.42 Å². The van der Waals surface area contributed by atoms with Gasteiger partial charge in [0, 0.05) is 51.3 Å². The number of carbonyl (C=O) groups is 1. The van der Waals surface area contributed by atoms with E-state index in [1.807, 2.05) is 28.8 Å². The topological polar surface area (TPSA) is 54.5 Å². The van der Waals surface area contributed by atoms with Crippen molar-refractivity contribution in [3.63, 3.8) is 0 Å². The van der Waals surface area contributed by atoms with Gasteiger partial charge in [0.05, 0.1) is 5.75 Å². The van der Waals surface area contributed by atoms with E-state index in [0.29, 0.717) is 31.1 Å². The maximum absolute atomic E-state index is 13.2. The zero-order chi connectivity index (χ0) is 20.2. The van der Waals surface area contributed by atoms with Crippen molar-refractivity contribution < 1.29 is 13.6 Å². The van der Waals surface area contributed by atoms with Crippen LogP contribution >= 0.6 is 11.8 Å². The quantitative estimate of drug-likeness (QED) is 0.595. The lowest BCUT2D eigenvalue weighted by molar-refractivity contribution is 0.0733. The molecule has 1 saturated heterocycles. The van der Waals surface area contributed by atoms with Crippen LogP contribution in [0.25, 0.3) is 0 Å². The van der Waals surface area contributed by atoms with Gasteiger partial charge in [0.15, 0.2) is 10.9 Å². The van der Waals surface area contributed by atoms with Gasteiger partial charge < -0.3 is 18.8 Å². The molecule has 0 spiro atoms. The van der Waals surface area contributed by atoms with Crippen molar-refractivity contribution in [1.82, 2.24) is 14.5 Å². The summed E-state index contributed by atoms with van der Waals surface area (Å²) >= 11 is 1.57. The molecule has 0 bridgehead atoms. The molecule has 8 heteroatoms. The Kier molecular flexibility index (Phi) is 5.89. The minimum absolute atomic E-state index is 0.0841. The number of carbonyl (C=O) groups excluding carboxylic acids is 1. The monoisotopic (exact) mass is 414 g/mol. The van der Waals surface area contributed by atoms with E-state index in [1.165, 1.54) is 12.1 Å². The number of hydrogen-bond donors (Lipinski definition) is 0. The highest BCUT2D eigenvalue weighted by Crippen LogP contribution is 2.23. The third-order valence-electron chi connectivity index (χ3n) is 4.97. The van der Waals surface area contributed by atoms with E-state index in [0.717, 1.165) is 29.6 Å².